The topological polar surface area (TPSA) is 93.6 Å². The molecule has 5 nitrogen and oxygen atoms in total. The monoisotopic (exact) mass is 442 g/mol. The van der Waals surface area contributed by atoms with E-state index in [0.717, 1.165) is 39.5 Å². The van der Waals surface area contributed by atoms with Crippen LogP contribution in [0.4, 0.5) is 0 Å². The third-order valence-corrected chi connectivity index (χ3v) is 6.24. The maximum atomic E-state index is 11.2. The molecule has 0 saturated carbocycles. The number of fused-ring (bicyclic) bond motifs is 4. The smallest absolute Gasteiger partial charge is 0.132 e. The van der Waals surface area contributed by atoms with Crippen LogP contribution in [0.5, 0.6) is 5.75 Å². The van der Waals surface area contributed by atoms with Crippen molar-refractivity contribution in [3.8, 4) is 17.9 Å². The van der Waals surface area contributed by atoms with Crippen molar-refractivity contribution in [1.29, 1.82) is 10.5 Å². The van der Waals surface area contributed by atoms with Crippen LogP contribution >= 0.6 is 0 Å². The lowest BCUT2D eigenvalue weighted by atomic mass is 9.74. The van der Waals surface area contributed by atoms with E-state index >= 15 is 0 Å². The van der Waals surface area contributed by atoms with Gasteiger partial charge < -0.3 is 5.11 Å². The molecule has 0 bridgehead atoms. The SMILES string of the molecule is CC1(C)CC(/C=C/c2c(O)c3ccccc3c3nc4ccccc4nc23)=CC(=C(C#N)C#N)C1. The Morgan fingerprint density at radius 2 is 1.50 bits per heavy atom. The first-order valence-corrected chi connectivity index (χ1v) is 11.1. The number of hydrogen-bond acceptors (Lipinski definition) is 5. The Kier molecular flexibility index (Phi) is 5.11. The second-order valence-electron chi connectivity index (χ2n) is 9.41. The Balaban J connectivity index is 1.74. The van der Waals surface area contributed by atoms with Crippen molar-refractivity contribution < 1.29 is 5.11 Å². The molecule has 0 amide bonds. The molecule has 1 aromatic heterocycles. The maximum Gasteiger partial charge on any atom is 0.132 e. The summed E-state index contributed by atoms with van der Waals surface area (Å²) in [6.45, 7) is 4.25. The Morgan fingerprint density at radius 3 is 2.18 bits per heavy atom. The summed E-state index contributed by atoms with van der Waals surface area (Å²) in [5.41, 5.74) is 5.32. The first-order valence-electron chi connectivity index (χ1n) is 11.1. The van der Waals surface area contributed by atoms with E-state index in [9.17, 15) is 15.6 Å². The second kappa shape index (κ2) is 8.14. The van der Waals surface area contributed by atoms with E-state index in [2.05, 4.69) is 13.8 Å². The van der Waals surface area contributed by atoms with Crippen LogP contribution in [0.25, 0.3) is 38.9 Å². The molecule has 34 heavy (non-hydrogen) atoms. The van der Waals surface area contributed by atoms with Crippen molar-refractivity contribution in [3.63, 3.8) is 0 Å². The molecule has 0 spiro atoms. The van der Waals surface area contributed by atoms with Crippen LogP contribution in [0.15, 0.2) is 77.4 Å². The molecule has 0 aliphatic heterocycles. The molecule has 1 aliphatic carbocycles. The fourth-order valence-electron chi connectivity index (χ4n) is 4.77. The lowest BCUT2D eigenvalue weighted by molar-refractivity contribution is 0.354. The molecule has 4 aromatic rings. The van der Waals surface area contributed by atoms with Crippen molar-refractivity contribution in [2.24, 2.45) is 5.41 Å². The van der Waals surface area contributed by atoms with Crippen LogP contribution in [0.2, 0.25) is 0 Å². The number of aromatic hydroxyl groups is 1. The fraction of sp³-hybridized carbons (Fsp3) is 0.172. The van der Waals surface area contributed by atoms with E-state index in [4.69, 9.17) is 9.97 Å². The highest BCUT2D eigenvalue weighted by atomic mass is 16.3. The minimum absolute atomic E-state index is 0.0911. The van der Waals surface area contributed by atoms with Crippen LogP contribution in [0.1, 0.15) is 32.3 Å². The number of allylic oxidation sites excluding steroid dienone is 5. The third kappa shape index (κ3) is 3.68. The zero-order valence-corrected chi connectivity index (χ0v) is 19.0. The van der Waals surface area contributed by atoms with Crippen molar-refractivity contribution in [2.75, 3.05) is 0 Å². The number of hydrogen-bond donors (Lipinski definition) is 1. The van der Waals surface area contributed by atoms with Crippen LogP contribution in [0, 0.1) is 28.1 Å². The van der Waals surface area contributed by atoms with E-state index in [-0.39, 0.29) is 16.7 Å². The van der Waals surface area contributed by atoms with Gasteiger partial charge in [-0.1, -0.05) is 62.4 Å². The van der Waals surface area contributed by atoms with Gasteiger partial charge >= 0.3 is 0 Å². The van der Waals surface area contributed by atoms with Gasteiger partial charge in [-0.3, -0.25) is 0 Å². The van der Waals surface area contributed by atoms with Crippen molar-refractivity contribution in [1.82, 2.24) is 9.97 Å². The van der Waals surface area contributed by atoms with E-state index in [1.54, 1.807) is 0 Å². The lowest BCUT2D eigenvalue weighted by Gasteiger charge is -2.30. The zero-order valence-electron chi connectivity index (χ0n) is 19.0. The molecule has 0 unspecified atom stereocenters. The van der Waals surface area contributed by atoms with Gasteiger partial charge in [-0.25, -0.2) is 9.97 Å². The van der Waals surface area contributed by atoms with Crippen LogP contribution in [-0.2, 0) is 0 Å². The van der Waals surface area contributed by atoms with Crippen LogP contribution in [-0.4, -0.2) is 15.1 Å². The summed E-state index contributed by atoms with van der Waals surface area (Å²) < 4.78 is 0. The molecule has 3 aromatic carbocycles. The van der Waals surface area contributed by atoms with Gasteiger partial charge in [-0.05, 0) is 47.6 Å². The maximum absolute atomic E-state index is 11.2. The number of rotatable bonds is 2. The van der Waals surface area contributed by atoms with Gasteiger partial charge in [0.1, 0.15) is 29.0 Å². The molecule has 1 N–H and O–H groups in total. The number of para-hydroxylation sites is 2. The molecule has 5 rings (SSSR count). The van der Waals surface area contributed by atoms with E-state index in [1.807, 2.05) is 78.9 Å². The molecular weight excluding hydrogens is 420 g/mol. The Morgan fingerprint density at radius 1 is 0.882 bits per heavy atom. The molecule has 164 valence electrons. The van der Waals surface area contributed by atoms with Crippen LogP contribution in [0.3, 0.4) is 0 Å². The van der Waals surface area contributed by atoms with Crippen molar-refractivity contribution >= 4 is 38.9 Å². The Labute approximate surface area is 197 Å². The number of phenols is 1. The molecule has 0 saturated heterocycles. The normalized spacial score (nSPS) is 15.4. The summed E-state index contributed by atoms with van der Waals surface area (Å²) in [6.07, 6.45) is 7.20. The Bertz CT molecular complexity index is 1640. The number of nitriles is 2. The average molecular weight is 443 g/mol. The zero-order chi connectivity index (χ0) is 23.9. The van der Waals surface area contributed by atoms with E-state index < -0.39 is 0 Å². The summed E-state index contributed by atoms with van der Waals surface area (Å²) in [7, 11) is 0. The molecule has 0 atom stereocenters. The van der Waals surface area contributed by atoms with Gasteiger partial charge in [-0.15, -0.1) is 0 Å². The molecule has 5 heteroatoms. The number of phenolic OH excluding ortho intramolecular Hbond substituents is 1. The van der Waals surface area contributed by atoms with Crippen LogP contribution < -0.4 is 0 Å². The largest absolute Gasteiger partial charge is 0.507 e. The molecule has 1 aliphatic rings. The highest BCUT2D eigenvalue weighted by molar-refractivity contribution is 6.12. The first kappa shape index (κ1) is 21.4. The minimum atomic E-state index is -0.0911. The average Bonchev–Trinajstić information content (AvgIpc) is 2.83. The van der Waals surface area contributed by atoms with E-state index in [0.29, 0.717) is 22.9 Å². The predicted octanol–water partition coefficient (Wildman–Crippen LogP) is 6.75. The molecular formula is C29H22N4O. The molecule has 0 radical (unpaired) electrons. The standard InChI is InChI=1S/C29H22N4O/c1-29(2)14-18(13-19(15-29)20(16-30)17-31)11-12-23-27-26(21-7-3-4-8-22(21)28(23)34)32-24-9-5-6-10-25(24)33-27/h3-13,34H,14-15H2,1-2H3/b12-11+. The summed E-state index contributed by atoms with van der Waals surface area (Å²) in [4.78, 5) is 9.74. The summed E-state index contributed by atoms with van der Waals surface area (Å²) in [6, 6.07) is 19.4. The Hall–Kier alpha value is -4.48. The molecule has 1 heterocycles. The summed E-state index contributed by atoms with van der Waals surface area (Å²) in [5.74, 6) is 0.158. The third-order valence-electron chi connectivity index (χ3n) is 6.24. The number of benzene rings is 3. The van der Waals surface area contributed by atoms with Gasteiger partial charge in [0, 0.05) is 16.3 Å². The quantitative estimate of drug-likeness (QED) is 0.211. The first-order chi connectivity index (χ1) is 16.4. The lowest BCUT2D eigenvalue weighted by Crippen LogP contribution is -2.17. The highest BCUT2D eigenvalue weighted by Crippen LogP contribution is 2.41. The van der Waals surface area contributed by atoms with E-state index in [1.165, 1.54) is 0 Å². The summed E-state index contributed by atoms with van der Waals surface area (Å²) in [5, 5.41) is 31.5. The minimum Gasteiger partial charge on any atom is -0.507 e. The fourth-order valence-corrected chi connectivity index (χ4v) is 4.77. The molecule has 0 fully saturated rings. The van der Waals surface area contributed by atoms with Gasteiger partial charge in [0.05, 0.1) is 16.6 Å². The van der Waals surface area contributed by atoms with Gasteiger partial charge in [0.15, 0.2) is 0 Å². The predicted molar refractivity (Wildman–Crippen MR) is 135 cm³/mol. The van der Waals surface area contributed by atoms with Crippen molar-refractivity contribution in [2.45, 2.75) is 26.7 Å². The second-order valence-corrected chi connectivity index (χ2v) is 9.41. The highest BCUT2D eigenvalue weighted by Gasteiger charge is 2.26. The number of aromatic nitrogens is 2. The van der Waals surface area contributed by atoms with Gasteiger partial charge in [0.25, 0.3) is 0 Å². The summed E-state index contributed by atoms with van der Waals surface area (Å²) >= 11 is 0. The van der Waals surface area contributed by atoms with Gasteiger partial charge in [-0.2, -0.15) is 10.5 Å². The van der Waals surface area contributed by atoms with Crippen molar-refractivity contribution in [3.05, 3.63) is 83.0 Å². The van der Waals surface area contributed by atoms with Gasteiger partial charge in [0.2, 0.25) is 0 Å². The number of nitrogens with zero attached hydrogens (tertiary/aromatic N) is 4.